The number of aromatic nitrogens is 2. The molecule has 1 aromatic carbocycles. The molecule has 0 unspecified atom stereocenters. The van der Waals surface area contributed by atoms with Gasteiger partial charge in [-0.05, 0) is 24.1 Å². The van der Waals surface area contributed by atoms with Crippen molar-refractivity contribution in [3.63, 3.8) is 0 Å². The molecule has 7 nitrogen and oxygen atoms in total. The number of halogens is 1. The van der Waals surface area contributed by atoms with Crippen LogP contribution >= 0.6 is 24.0 Å². The van der Waals surface area contributed by atoms with Crippen molar-refractivity contribution in [1.29, 1.82) is 0 Å². The van der Waals surface area contributed by atoms with E-state index in [9.17, 15) is 4.79 Å². The molecule has 8 heteroatoms. The van der Waals surface area contributed by atoms with Crippen molar-refractivity contribution in [3.8, 4) is 0 Å². The zero-order valence-corrected chi connectivity index (χ0v) is 17.4. The number of amides is 1. The Morgan fingerprint density at radius 3 is 2.42 bits per heavy atom. The van der Waals surface area contributed by atoms with Crippen molar-refractivity contribution in [1.82, 2.24) is 20.4 Å². The highest BCUT2D eigenvalue weighted by atomic mass is 127. The maximum atomic E-state index is 11.8. The van der Waals surface area contributed by atoms with E-state index in [1.807, 2.05) is 48.6 Å². The minimum absolute atomic E-state index is 0. The fourth-order valence-electron chi connectivity index (χ4n) is 2.87. The normalized spacial score (nSPS) is 14.3. The summed E-state index contributed by atoms with van der Waals surface area (Å²) in [6.45, 7) is 2.16. The third-order valence-electron chi connectivity index (χ3n) is 4.22. The van der Waals surface area contributed by atoms with Crippen LogP contribution in [0.1, 0.15) is 24.0 Å². The summed E-state index contributed by atoms with van der Waals surface area (Å²) in [4.78, 5) is 17.9. The zero-order valence-electron chi connectivity index (χ0n) is 15.1. The summed E-state index contributed by atoms with van der Waals surface area (Å²) < 4.78 is 1.78. The molecule has 26 heavy (non-hydrogen) atoms. The van der Waals surface area contributed by atoms with E-state index in [4.69, 9.17) is 0 Å². The van der Waals surface area contributed by atoms with Gasteiger partial charge in [0.25, 0.3) is 0 Å². The molecule has 2 heterocycles. The van der Waals surface area contributed by atoms with Crippen molar-refractivity contribution >= 4 is 41.5 Å². The minimum Gasteiger partial charge on any atom is -0.352 e. The van der Waals surface area contributed by atoms with E-state index in [1.165, 1.54) is 0 Å². The number of hydrogen-bond acceptors (Lipinski definition) is 3. The molecule has 0 bridgehead atoms. The summed E-state index contributed by atoms with van der Waals surface area (Å²) in [7, 11) is 3.65. The van der Waals surface area contributed by atoms with Crippen LogP contribution in [0.5, 0.6) is 0 Å². The highest BCUT2D eigenvalue weighted by Crippen LogP contribution is 2.21. The van der Waals surface area contributed by atoms with Crippen LogP contribution in [0.3, 0.4) is 0 Å². The monoisotopic (exact) mass is 468 g/mol. The van der Waals surface area contributed by atoms with Gasteiger partial charge in [0.05, 0.1) is 6.20 Å². The van der Waals surface area contributed by atoms with Crippen molar-refractivity contribution < 1.29 is 4.79 Å². The Morgan fingerprint density at radius 1 is 1.19 bits per heavy atom. The van der Waals surface area contributed by atoms with E-state index < -0.39 is 0 Å². The second-order valence-corrected chi connectivity index (χ2v) is 6.12. The average Bonchev–Trinajstić information content (AvgIpc) is 3.24. The molecule has 1 amide bonds. The summed E-state index contributed by atoms with van der Waals surface area (Å²) in [5.74, 6) is 0.952. The molecule has 3 rings (SSSR count). The topological polar surface area (TPSA) is 74.6 Å². The first-order valence-corrected chi connectivity index (χ1v) is 8.47. The molecule has 2 N–H and O–H groups in total. The summed E-state index contributed by atoms with van der Waals surface area (Å²) in [6.07, 6.45) is 5.40. The summed E-state index contributed by atoms with van der Waals surface area (Å²) in [5, 5.41) is 10.7. The Bertz CT molecular complexity index is 755. The van der Waals surface area contributed by atoms with Crippen molar-refractivity contribution in [2.75, 3.05) is 18.5 Å². The van der Waals surface area contributed by atoms with Crippen LogP contribution in [0.2, 0.25) is 0 Å². The average molecular weight is 468 g/mol. The van der Waals surface area contributed by atoms with Crippen LogP contribution in [0.4, 0.5) is 5.69 Å². The van der Waals surface area contributed by atoms with Gasteiger partial charge in [-0.3, -0.25) is 14.5 Å². The molecule has 0 aliphatic carbocycles. The number of nitrogens with one attached hydrogen (secondary N) is 2. The second kappa shape index (κ2) is 9.56. The first kappa shape index (κ1) is 20.2. The molecule has 1 aromatic heterocycles. The molecule has 140 valence electrons. The van der Waals surface area contributed by atoms with E-state index in [0.717, 1.165) is 35.7 Å². The van der Waals surface area contributed by atoms with Gasteiger partial charge in [-0.25, -0.2) is 0 Å². The van der Waals surface area contributed by atoms with Crippen molar-refractivity contribution in [3.05, 3.63) is 47.8 Å². The Balaban J connectivity index is 0.00000243. The first-order valence-electron chi connectivity index (χ1n) is 8.47. The van der Waals surface area contributed by atoms with Gasteiger partial charge in [0.2, 0.25) is 5.91 Å². The second-order valence-electron chi connectivity index (χ2n) is 6.12. The van der Waals surface area contributed by atoms with Gasteiger partial charge in [0.15, 0.2) is 5.96 Å². The lowest BCUT2D eigenvalue weighted by molar-refractivity contribution is -0.117. The van der Waals surface area contributed by atoms with Crippen LogP contribution in [0.15, 0.2) is 41.7 Å². The molecule has 0 spiro atoms. The van der Waals surface area contributed by atoms with Crippen LogP contribution in [-0.2, 0) is 24.9 Å². The zero-order chi connectivity index (χ0) is 17.6. The Labute approximate surface area is 170 Å². The van der Waals surface area contributed by atoms with Gasteiger partial charge in [-0.1, -0.05) is 12.1 Å². The van der Waals surface area contributed by atoms with Crippen molar-refractivity contribution in [2.24, 2.45) is 12.0 Å². The number of anilines is 1. The molecule has 1 aliphatic rings. The van der Waals surface area contributed by atoms with Gasteiger partial charge in [-0.15, -0.1) is 24.0 Å². The van der Waals surface area contributed by atoms with Crippen LogP contribution in [0.25, 0.3) is 0 Å². The maximum Gasteiger partial charge on any atom is 0.227 e. The van der Waals surface area contributed by atoms with Gasteiger partial charge in [0, 0.05) is 57.6 Å². The molecule has 1 fully saturated rings. The first-order chi connectivity index (χ1) is 12.2. The lowest BCUT2D eigenvalue weighted by atomic mass is 10.2. The predicted octanol–water partition coefficient (Wildman–Crippen LogP) is 2.03. The van der Waals surface area contributed by atoms with E-state index in [2.05, 4.69) is 20.7 Å². The van der Waals surface area contributed by atoms with Gasteiger partial charge >= 0.3 is 0 Å². The predicted molar refractivity (Wildman–Crippen MR) is 114 cm³/mol. The van der Waals surface area contributed by atoms with Gasteiger partial charge < -0.3 is 15.5 Å². The van der Waals surface area contributed by atoms with E-state index >= 15 is 0 Å². The lowest BCUT2D eigenvalue weighted by Crippen LogP contribution is -2.36. The molecule has 1 saturated heterocycles. The number of aliphatic imine (C=N–C) groups is 1. The third-order valence-corrected chi connectivity index (χ3v) is 4.22. The highest BCUT2D eigenvalue weighted by Gasteiger charge is 2.21. The quantitative estimate of drug-likeness (QED) is 0.400. The number of aryl methyl sites for hydroxylation is 1. The van der Waals surface area contributed by atoms with Crippen LogP contribution < -0.4 is 15.5 Å². The summed E-state index contributed by atoms with van der Waals surface area (Å²) in [5.41, 5.74) is 3.22. The SMILES string of the molecule is CN=C(NCc1ccc(N2CCCC2=O)cc1)NCc1cnn(C)c1.I. The number of nitrogens with zero attached hydrogens (tertiary/aromatic N) is 4. The lowest BCUT2D eigenvalue weighted by Gasteiger charge is -2.16. The smallest absolute Gasteiger partial charge is 0.227 e. The number of carbonyl (C=O) groups excluding carboxylic acids is 1. The van der Waals surface area contributed by atoms with E-state index in [-0.39, 0.29) is 29.9 Å². The summed E-state index contributed by atoms with van der Waals surface area (Å²) in [6, 6.07) is 8.10. The number of benzene rings is 1. The fourth-order valence-corrected chi connectivity index (χ4v) is 2.87. The molecule has 0 radical (unpaired) electrons. The van der Waals surface area contributed by atoms with Gasteiger partial charge in [0.1, 0.15) is 0 Å². The minimum atomic E-state index is 0. The molecule has 0 saturated carbocycles. The highest BCUT2D eigenvalue weighted by molar-refractivity contribution is 14.0. The fraction of sp³-hybridized carbons (Fsp3) is 0.389. The van der Waals surface area contributed by atoms with Gasteiger partial charge in [-0.2, -0.15) is 5.10 Å². The molecule has 1 aliphatic heterocycles. The molecule has 2 aromatic rings. The number of hydrogen-bond donors (Lipinski definition) is 2. The standard InChI is InChI=1S/C18H24N6O.HI/c1-19-18(21-11-15-12-22-23(2)13-15)20-10-14-5-7-16(8-6-14)24-9-3-4-17(24)25;/h5-8,12-13H,3-4,9-11H2,1-2H3,(H2,19,20,21);1H. The number of guanidine groups is 1. The Kier molecular flexibility index (Phi) is 7.43. The largest absolute Gasteiger partial charge is 0.352 e. The maximum absolute atomic E-state index is 11.8. The third kappa shape index (κ3) is 5.20. The van der Waals surface area contributed by atoms with E-state index in [1.54, 1.807) is 11.7 Å². The molecule has 0 atom stereocenters. The Morgan fingerprint density at radius 2 is 1.88 bits per heavy atom. The van der Waals surface area contributed by atoms with Crippen molar-refractivity contribution in [2.45, 2.75) is 25.9 Å². The summed E-state index contributed by atoms with van der Waals surface area (Å²) >= 11 is 0. The number of carbonyl (C=O) groups is 1. The molecular weight excluding hydrogens is 443 g/mol. The Hall–Kier alpha value is -2.10. The van der Waals surface area contributed by atoms with Crippen LogP contribution in [-0.4, -0.2) is 35.2 Å². The number of rotatable bonds is 5. The molecular formula is C18H25IN6O. The van der Waals surface area contributed by atoms with E-state index in [0.29, 0.717) is 19.5 Å². The van der Waals surface area contributed by atoms with Crippen LogP contribution in [0, 0.1) is 0 Å².